The first-order chi connectivity index (χ1) is 9.65. The molecular weight excluding hydrogens is 252 g/mol. The Kier molecular flexibility index (Phi) is 5.56. The fraction of sp³-hybridized carbons (Fsp3) is 0.562. The predicted octanol–water partition coefficient (Wildman–Crippen LogP) is 1.75. The lowest BCUT2D eigenvalue weighted by Gasteiger charge is -2.29. The SMILES string of the molecule is CN1CCCC(CNCc2ccccc2CC(=O)O)C1. The molecule has 0 saturated carbocycles. The third-order valence-electron chi connectivity index (χ3n) is 3.93. The molecule has 1 atom stereocenters. The molecule has 1 unspecified atom stereocenters. The first kappa shape index (κ1) is 15.0. The van der Waals surface area contributed by atoms with Crippen molar-refractivity contribution in [1.29, 1.82) is 0 Å². The van der Waals surface area contributed by atoms with Gasteiger partial charge in [-0.25, -0.2) is 0 Å². The van der Waals surface area contributed by atoms with E-state index in [0.29, 0.717) is 5.92 Å². The first-order valence-electron chi connectivity index (χ1n) is 7.33. The highest BCUT2D eigenvalue weighted by Crippen LogP contribution is 2.15. The molecule has 1 aliphatic heterocycles. The summed E-state index contributed by atoms with van der Waals surface area (Å²) in [5.74, 6) is -0.0632. The van der Waals surface area contributed by atoms with Crippen molar-refractivity contribution in [2.45, 2.75) is 25.8 Å². The number of benzene rings is 1. The van der Waals surface area contributed by atoms with Crippen molar-refractivity contribution in [3.05, 3.63) is 35.4 Å². The number of likely N-dealkylation sites (tertiary alicyclic amines) is 1. The molecule has 1 fully saturated rings. The normalized spacial score (nSPS) is 19.9. The Bertz CT molecular complexity index is 448. The molecule has 0 amide bonds. The van der Waals surface area contributed by atoms with Gasteiger partial charge in [0.25, 0.3) is 0 Å². The van der Waals surface area contributed by atoms with Crippen LogP contribution in [0.2, 0.25) is 0 Å². The molecule has 1 aromatic rings. The largest absolute Gasteiger partial charge is 0.481 e. The molecule has 4 nitrogen and oxygen atoms in total. The summed E-state index contributed by atoms with van der Waals surface area (Å²) in [5.41, 5.74) is 2.01. The number of rotatable bonds is 6. The van der Waals surface area contributed by atoms with E-state index < -0.39 is 5.97 Å². The Balaban J connectivity index is 1.83. The second-order valence-corrected chi connectivity index (χ2v) is 5.74. The summed E-state index contributed by atoms with van der Waals surface area (Å²) >= 11 is 0. The Morgan fingerprint density at radius 3 is 2.85 bits per heavy atom. The average molecular weight is 276 g/mol. The summed E-state index contributed by atoms with van der Waals surface area (Å²) in [4.78, 5) is 13.2. The highest BCUT2D eigenvalue weighted by Gasteiger charge is 2.16. The van der Waals surface area contributed by atoms with Crippen LogP contribution in [0, 0.1) is 5.92 Å². The number of carbonyl (C=O) groups is 1. The summed E-state index contributed by atoms with van der Waals surface area (Å²) in [5, 5.41) is 12.4. The quantitative estimate of drug-likeness (QED) is 0.831. The maximum Gasteiger partial charge on any atom is 0.307 e. The van der Waals surface area contributed by atoms with E-state index in [0.717, 1.165) is 30.8 Å². The zero-order chi connectivity index (χ0) is 14.4. The van der Waals surface area contributed by atoms with Crippen LogP contribution in [0.4, 0.5) is 0 Å². The van der Waals surface area contributed by atoms with Gasteiger partial charge in [0.05, 0.1) is 6.42 Å². The number of hydrogen-bond acceptors (Lipinski definition) is 3. The summed E-state index contributed by atoms with van der Waals surface area (Å²) < 4.78 is 0. The topological polar surface area (TPSA) is 52.6 Å². The summed E-state index contributed by atoms with van der Waals surface area (Å²) in [6, 6.07) is 7.78. The van der Waals surface area contributed by atoms with Crippen molar-refractivity contribution in [1.82, 2.24) is 10.2 Å². The number of carboxylic acid groups (broad SMARTS) is 1. The van der Waals surface area contributed by atoms with Crippen molar-refractivity contribution < 1.29 is 9.90 Å². The minimum absolute atomic E-state index is 0.101. The molecule has 0 aromatic heterocycles. The molecule has 4 heteroatoms. The maximum absolute atomic E-state index is 10.9. The van der Waals surface area contributed by atoms with Crippen LogP contribution in [-0.2, 0) is 17.8 Å². The third kappa shape index (κ3) is 4.62. The molecule has 0 aliphatic carbocycles. The second kappa shape index (κ2) is 7.41. The minimum Gasteiger partial charge on any atom is -0.481 e. The number of nitrogens with zero attached hydrogens (tertiary/aromatic N) is 1. The molecule has 20 heavy (non-hydrogen) atoms. The van der Waals surface area contributed by atoms with E-state index in [1.165, 1.54) is 19.4 Å². The van der Waals surface area contributed by atoms with E-state index in [-0.39, 0.29) is 6.42 Å². The van der Waals surface area contributed by atoms with E-state index in [1.807, 2.05) is 24.3 Å². The Morgan fingerprint density at radius 1 is 1.40 bits per heavy atom. The van der Waals surface area contributed by atoms with Crippen molar-refractivity contribution in [2.75, 3.05) is 26.7 Å². The average Bonchev–Trinajstić information content (AvgIpc) is 2.40. The third-order valence-corrected chi connectivity index (χ3v) is 3.93. The first-order valence-corrected chi connectivity index (χ1v) is 7.33. The van der Waals surface area contributed by atoms with Gasteiger partial charge in [0.1, 0.15) is 0 Å². The van der Waals surface area contributed by atoms with Crippen molar-refractivity contribution in [3.8, 4) is 0 Å². The molecule has 1 aliphatic rings. The van der Waals surface area contributed by atoms with Gasteiger partial charge in [-0.05, 0) is 50.0 Å². The minimum atomic E-state index is -0.772. The van der Waals surface area contributed by atoms with Gasteiger partial charge < -0.3 is 15.3 Å². The lowest BCUT2D eigenvalue weighted by atomic mass is 9.98. The lowest BCUT2D eigenvalue weighted by Crippen LogP contribution is -2.37. The fourth-order valence-electron chi connectivity index (χ4n) is 2.92. The van der Waals surface area contributed by atoms with E-state index >= 15 is 0 Å². The van der Waals surface area contributed by atoms with Gasteiger partial charge in [-0.3, -0.25) is 4.79 Å². The molecular formula is C16H24N2O2. The number of carboxylic acids is 1. The Labute approximate surface area is 120 Å². The Morgan fingerprint density at radius 2 is 2.15 bits per heavy atom. The molecule has 110 valence electrons. The molecule has 1 saturated heterocycles. The van der Waals surface area contributed by atoms with Gasteiger partial charge in [0.15, 0.2) is 0 Å². The van der Waals surface area contributed by atoms with Crippen LogP contribution in [0.15, 0.2) is 24.3 Å². The lowest BCUT2D eigenvalue weighted by molar-refractivity contribution is -0.136. The monoisotopic (exact) mass is 276 g/mol. The van der Waals surface area contributed by atoms with Crippen LogP contribution in [-0.4, -0.2) is 42.7 Å². The van der Waals surface area contributed by atoms with Gasteiger partial charge in [0, 0.05) is 13.1 Å². The molecule has 2 N–H and O–H groups in total. The van der Waals surface area contributed by atoms with Crippen LogP contribution in [0.5, 0.6) is 0 Å². The molecule has 2 rings (SSSR count). The highest BCUT2D eigenvalue weighted by atomic mass is 16.4. The van der Waals surface area contributed by atoms with E-state index in [9.17, 15) is 4.79 Å². The van der Waals surface area contributed by atoms with Crippen LogP contribution in [0.3, 0.4) is 0 Å². The van der Waals surface area contributed by atoms with Crippen molar-refractivity contribution >= 4 is 5.97 Å². The second-order valence-electron chi connectivity index (χ2n) is 5.74. The molecule has 0 bridgehead atoms. The van der Waals surface area contributed by atoms with Crippen molar-refractivity contribution in [2.24, 2.45) is 5.92 Å². The molecule has 1 aromatic carbocycles. The van der Waals surface area contributed by atoms with Gasteiger partial charge in [-0.2, -0.15) is 0 Å². The van der Waals surface area contributed by atoms with Gasteiger partial charge in [0.2, 0.25) is 0 Å². The smallest absolute Gasteiger partial charge is 0.307 e. The maximum atomic E-state index is 10.9. The molecule has 0 spiro atoms. The number of nitrogens with one attached hydrogen (secondary N) is 1. The number of aliphatic carboxylic acids is 1. The zero-order valence-corrected chi connectivity index (χ0v) is 12.1. The highest BCUT2D eigenvalue weighted by molar-refractivity contribution is 5.70. The van der Waals surface area contributed by atoms with E-state index in [2.05, 4.69) is 17.3 Å². The molecule has 0 radical (unpaired) electrons. The van der Waals surface area contributed by atoms with Gasteiger partial charge in [-0.15, -0.1) is 0 Å². The zero-order valence-electron chi connectivity index (χ0n) is 12.1. The summed E-state index contributed by atoms with van der Waals surface area (Å²) in [7, 11) is 2.17. The number of piperidine rings is 1. The van der Waals surface area contributed by atoms with Crippen LogP contribution in [0.25, 0.3) is 0 Å². The van der Waals surface area contributed by atoms with Crippen LogP contribution < -0.4 is 5.32 Å². The van der Waals surface area contributed by atoms with E-state index in [1.54, 1.807) is 0 Å². The summed E-state index contributed by atoms with van der Waals surface area (Å²) in [6.45, 7) is 4.12. The Hall–Kier alpha value is -1.39. The van der Waals surface area contributed by atoms with Crippen molar-refractivity contribution in [3.63, 3.8) is 0 Å². The van der Waals surface area contributed by atoms with Gasteiger partial charge >= 0.3 is 5.97 Å². The standard InChI is InChI=1S/C16H24N2O2/c1-18-8-4-5-13(12-18)10-17-11-15-7-3-2-6-14(15)9-16(19)20/h2-3,6-7,13,17H,4-5,8-12H2,1H3,(H,19,20). The van der Waals surface area contributed by atoms with Crippen LogP contribution in [0.1, 0.15) is 24.0 Å². The van der Waals surface area contributed by atoms with E-state index in [4.69, 9.17) is 5.11 Å². The fourth-order valence-corrected chi connectivity index (χ4v) is 2.92. The summed E-state index contributed by atoms with van der Waals surface area (Å²) in [6.07, 6.45) is 2.66. The van der Waals surface area contributed by atoms with Crippen LogP contribution >= 0.6 is 0 Å². The van der Waals surface area contributed by atoms with Gasteiger partial charge in [-0.1, -0.05) is 24.3 Å². The predicted molar refractivity (Wildman–Crippen MR) is 79.7 cm³/mol. The number of hydrogen-bond donors (Lipinski definition) is 2. The molecule has 1 heterocycles.